The number of fused-ring (bicyclic) bond motifs is 1. The number of ether oxygens (including phenoxy) is 2. The minimum Gasteiger partial charge on any atom is -0.481 e. The van der Waals surface area contributed by atoms with Crippen LogP contribution in [0, 0.1) is 22.5 Å². The first-order valence-electron chi connectivity index (χ1n) is 18.5. The SMILES string of the molecule is COc1nc(-c2cccc(-c3cccc(-c4cc5c(c(OC)n4)C(N4CC6(CN(C(C)=O)C6)C4)CC5)c3F)c2F)cnc1CN1CC2(C1)CN(C(C)=O)C2. The zero-order chi connectivity index (χ0) is 37.5. The summed E-state index contributed by atoms with van der Waals surface area (Å²) in [5.74, 6) is -0.173. The highest BCUT2D eigenvalue weighted by Gasteiger charge is 2.55. The van der Waals surface area contributed by atoms with Crippen molar-refractivity contribution in [1.82, 2.24) is 34.6 Å². The third-order valence-corrected chi connectivity index (χ3v) is 12.2. The van der Waals surface area contributed by atoms with Crippen LogP contribution >= 0.6 is 0 Å². The van der Waals surface area contributed by atoms with Gasteiger partial charge < -0.3 is 19.3 Å². The molecule has 9 rings (SSSR count). The molecule has 6 heterocycles. The van der Waals surface area contributed by atoms with Gasteiger partial charge >= 0.3 is 0 Å². The number of carbonyl (C=O) groups is 2. The molecule has 54 heavy (non-hydrogen) atoms. The summed E-state index contributed by atoms with van der Waals surface area (Å²) in [6.07, 6.45) is 3.26. The van der Waals surface area contributed by atoms with Gasteiger partial charge in [-0.15, -0.1) is 0 Å². The van der Waals surface area contributed by atoms with E-state index in [9.17, 15) is 9.59 Å². The van der Waals surface area contributed by atoms with Crippen LogP contribution in [0.15, 0.2) is 48.7 Å². The minimum atomic E-state index is -0.616. The number of carbonyl (C=O) groups excluding carboxylic acids is 2. The molecular formula is C41H43F2N7O4. The Balaban J connectivity index is 0.943. The highest BCUT2D eigenvalue weighted by atomic mass is 19.1. The lowest BCUT2D eigenvalue weighted by atomic mass is 9.72. The molecule has 2 aromatic carbocycles. The third kappa shape index (κ3) is 5.62. The lowest BCUT2D eigenvalue weighted by Crippen LogP contribution is -2.72. The smallest absolute Gasteiger partial charge is 0.237 e. The molecule has 0 radical (unpaired) electrons. The van der Waals surface area contributed by atoms with Crippen LogP contribution in [0.5, 0.6) is 11.8 Å². The fraction of sp³-hybridized carbons (Fsp3) is 0.439. The molecule has 5 aliphatic rings. The Morgan fingerprint density at radius 3 is 1.87 bits per heavy atom. The molecule has 4 aliphatic heterocycles. The molecular weight excluding hydrogens is 692 g/mol. The monoisotopic (exact) mass is 735 g/mol. The van der Waals surface area contributed by atoms with E-state index in [4.69, 9.17) is 14.5 Å². The topological polar surface area (TPSA) is 104 Å². The van der Waals surface area contributed by atoms with Gasteiger partial charge in [0.2, 0.25) is 23.6 Å². The van der Waals surface area contributed by atoms with Crippen LogP contribution in [0.4, 0.5) is 8.78 Å². The minimum absolute atomic E-state index is 0.0990. The van der Waals surface area contributed by atoms with Crippen molar-refractivity contribution in [2.75, 3.05) is 66.6 Å². The molecule has 4 aromatic rings. The summed E-state index contributed by atoms with van der Waals surface area (Å²) >= 11 is 0. The number of rotatable bonds is 8. The third-order valence-electron chi connectivity index (χ3n) is 12.2. The Hall–Kier alpha value is -5.01. The zero-order valence-electron chi connectivity index (χ0n) is 31.0. The van der Waals surface area contributed by atoms with E-state index >= 15 is 8.78 Å². The fourth-order valence-electron chi connectivity index (χ4n) is 9.55. The van der Waals surface area contributed by atoms with Gasteiger partial charge in [-0.3, -0.25) is 24.4 Å². The van der Waals surface area contributed by atoms with E-state index in [1.54, 1.807) is 57.4 Å². The van der Waals surface area contributed by atoms with E-state index in [0.29, 0.717) is 29.7 Å². The summed E-state index contributed by atoms with van der Waals surface area (Å²) in [7, 11) is 3.11. The largest absolute Gasteiger partial charge is 0.481 e. The van der Waals surface area contributed by atoms with Crippen LogP contribution in [-0.4, -0.2) is 113 Å². The molecule has 1 atom stereocenters. The van der Waals surface area contributed by atoms with Gasteiger partial charge in [0.1, 0.15) is 17.3 Å². The predicted octanol–water partition coefficient (Wildman–Crippen LogP) is 4.98. The quantitative estimate of drug-likeness (QED) is 0.248. The highest BCUT2D eigenvalue weighted by Crippen LogP contribution is 2.50. The molecule has 2 spiro atoms. The number of halogens is 2. The van der Waals surface area contributed by atoms with E-state index in [1.807, 2.05) is 15.9 Å². The zero-order valence-corrected chi connectivity index (χ0v) is 31.0. The van der Waals surface area contributed by atoms with Crippen LogP contribution in [0.2, 0.25) is 0 Å². The molecule has 4 saturated heterocycles. The van der Waals surface area contributed by atoms with Crippen molar-refractivity contribution in [3.63, 3.8) is 0 Å². The van der Waals surface area contributed by atoms with E-state index in [-0.39, 0.29) is 56.6 Å². The van der Waals surface area contributed by atoms with Crippen LogP contribution in [0.25, 0.3) is 33.6 Å². The fourth-order valence-corrected chi connectivity index (χ4v) is 9.55. The van der Waals surface area contributed by atoms with E-state index < -0.39 is 11.6 Å². The predicted molar refractivity (Wildman–Crippen MR) is 196 cm³/mol. The van der Waals surface area contributed by atoms with Crippen molar-refractivity contribution in [3.8, 4) is 45.4 Å². The second-order valence-electron chi connectivity index (χ2n) is 16.0. The van der Waals surface area contributed by atoms with Gasteiger partial charge in [-0.25, -0.2) is 18.7 Å². The van der Waals surface area contributed by atoms with Gasteiger partial charge in [0.05, 0.1) is 31.8 Å². The summed E-state index contributed by atoms with van der Waals surface area (Å²) in [4.78, 5) is 45.9. The summed E-state index contributed by atoms with van der Waals surface area (Å²) in [5, 5.41) is 0. The van der Waals surface area contributed by atoms with E-state index in [1.165, 1.54) is 13.3 Å². The Morgan fingerprint density at radius 1 is 0.759 bits per heavy atom. The molecule has 4 fully saturated rings. The van der Waals surface area contributed by atoms with Crippen molar-refractivity contribution in [2.45, 2.75) is 39.3 Å². The Labute approximate surface area is 312 Å². The maximum Gasteiger partial charge on any atom is 0.237 e. The van der Waals surface area contributed by atoms with Gasteiger partial charge in [-0.2, -0.15) is 0 Å². The van der Waals surface area contributed by atoms with Gasteiger partial charge in [0.15, 0.2) is 0 Å². The first-order chi connectivity index (χ1) is 26.0. The molecule has 0 N–H and O–H groups in total. The number of likely N-dealkylation sites (tertiary alicyclic amines) is 4. The number of pyridine rings is 1. The normalized spacial score (nSPS) is 20.9. The molecule has 11 nitrogen and oxygen atoms in total. The standard InChI is InChI=1S/C41H43F2N7O4/c1-24(51)48-18-40(19-48)16-47(17-40)15-33-38(53-3)46-32(14-44-33)30-10-6-8-28(37(30)43)27-7-5-9-29(36(27)42)31-13-26-11-12-34(35(26)39(45-31)54-4)50-22-41(23-50)20-49(21-41)25(2)52/h5-10,13-14,34H,11-12,15-23H2,1-4H3. The van der Waals surface area contributed by atoms with Crippen LogP contribution in [0.1, 0.15) is 43.1 Å². The summed E-state index contributed by atoms with van der Waals surface area (Å²) in [6, 6.07) is 11.9. The molecule has 1 unspecified atom stereocenters. The molecule has 280 valence electrons. The molecule has 0 saturated carbocycles. The van der Waals surface area contributed by atoms with E-state index in [2.05, 4.69) is 19.8 Å². The number of hydrogen-bond donors (Lipinski definition) is 0. The van der Waals surface area contributed by atoms with Gasteiger partial charge in [0.25, 0.3) is 0 Å². The molecule has 0 bridgehead atoms. The Bertz CT molecular complexity index is 2190. The van der Waals surface area contributed by atoms with Crippen molar-refractivity contribution < 1.29 is 27.8 Å². The number of benzene rings is 2. The highest BCUT2D eigenvalue weighted by molar-refractivity contribution is 5.78. The van der Waals surface area contributed by atoms with Crippen molar-refractivity contribution in [2.24, 2.45) is 10.8 Å². The van der Waals surface area contributed by atoms with E-state index in [0.717, 1.165) is 76.3 Å². The van der Waals surface area contributed by atoms with Gasteiger partial charge in [-0.05, 0) is 36.6 Å². The maximum atomic E-state index is 16.6. The summed E-state index contributed by atoms with van der Waals surface area (Å²) in [6.45, 7) is 10.5. The first-order valence-corrected chi connectivity index (χ1v) is 18.5. The van der Waals surface area contributed by atoms with Gasteiger partial charge in [0, 0.05) is 117 Å². The van der Waals surface area contributed by atoms with Crippen molar-refractivity contribution >= 4 is 11.8 Å². The molecule has 2 aromatic heterocycles. The van der Waals surface area contributed by atoms with Crippen LogP contribution < -0.4 is 9.47 Å². The van der Waals surface area contributed by atoms with Crippen molar-refractivity contribution in [1.29, 1.82) is 0 Å². The maximum absolute atomic E-state index is 16.6. The number of methoxy groups -OCH3 is 2. The number of aryl methyl sites for hydroxylation is 1. The second kappa shape index (κ2) is 12.8. The van der Waals surface area contributed by atoms with Crippen molar-refractivity contribution in [3.05, 3.63) is 77.1 Å². The molecule has 2 amide bonds. The lowest BCUT2D eigenvalue weighted by molar-refractivity contribution is -0.161. The molecule has 1 aliphatic carbocycles. The number of hydrogen-bond acceptors (Lipinski definition) is 9. The average molecular weight is 736 g/mol. The number of aromatic nitrogens is 3. The molecule has 13 heteroatoms. The Kier molecular flexibility index (Phi) is 8.23. The van der Waals surface area contributed by atoms with Crippen LogP contribution in [-0.2, 0) is 22.6 Å². The average Bonchev–Trinajstić information content (AvgIpc) is 3.51. The second-order valence-corrected chi connectivity index (χ2v) is 16.0. The van der Waals surface area contributed by atoms with Gasteiger partial charge in [-0.1, -0.05) is 24.3 Å². The summed E-state index contributed by atoms with van der Waals surface area (Å²) < 4.78 is 44.4. The first kappa shape index (κ1) is 34.7. The lowest BCUT2D eigenvalue weighted by Gasteiger charge is -2.61. The Morgan fingerprint density at radius 2 is 1.30 bits per heavy atom. The summed E-state index contributed by atoms with van der Waals surface area (Å²) in [5.41, 5.74) is 4.48. The number of nitrogens with zero attached hydrogens (tertiary/aromatic N) is 7. The van der Waals surface area contributed by atoms with Crippen LogP contribution in [0.3, 0.4) is 0 Å². The number of amides is 2.